The zero-order valence-electron chi connectivity index (χ0n) is 14.1. The van der Waals surface area contributed by atoms with Crippen LogP contribution < -0.4 is 0 Å². The van der Waals surface area contributed by atoms with E-state index in [-0.39, 0.29) is 6.09 Å². The smallest absolute Gasteiger partial charge is 0.410 e. The van der Waals surface area contributed by atoms with E-state index in [0.717, 1.165) is 26.4 Å². The van der Waals surface area contributed by atoms with Crippen molar-refractivity contribution >= 4 is 17.4 Å². The summed E-state index contributed by atoms with van der Waals surface area (Å²) in [6, 6.07) is 12.3. The van der Waals surface area contributed by atoms with Crippen LogP contribution in [0.25, 0.3) is 10.4 Å². The molecular formula is C19H20N2O2S. The quantitative estimate of drug-likeness (QED) is 0.763. The van der Waals surface area contributed by atoms with E-state index in [1.165, 1.54) is 0 Å². The van der Waals surface area contributed by atoms with Crippen molar-refractivity contribution in [2.24, 2.45) is 0 Å². The average molecular weight is 340 g/mol. The van der Waals surface area contributed by atoms with Gasteiger partial charge in [0.15, 0.2) is 0 Å². The number of nitrogens with zero attached hydrogens (tertiary/aromatic N) is 2. The van der Waals surface area contributed by atoms with Gasteiger partial charge in [-0.05, 0) is 38.3 Å². The molecule has 3 rings (SSSR count). The Bertz CT molecular complexity index is 797. The van der Waals surface area contributed by atoms with Crippen molar-refractivity contribution < 1.29 is 9.53 Å². The topological polar surface area (TPSA) is 53.3 Å². The first-order chi connectivity index (χ1) is 11.4. The van der Waals surface area contributed by atoms with Crippen LogP contribution in [0.3, 0.4) is 0 Å². The van der Waals surface area contributed by atoms with Gasteiger partial charge in [0.1, 0.15) is 11.7 Å². The lowest BCUT2D eigenvalue weighted by Gasteiger charge is -2.30. The number of hydrogen-bond donors (Lipinski definition) is 0. The highest BCUT2D eigenvalue weighted by atomic mass is 32.1. The Balaban J connectivity index is 1.89. The fourth-order valence-electron chi connectivity index (χ4n) is 2.80. The highest BCUT2D eigenvalue weighted by molar-refractivity contribution is 7.16. The van der Waals surface area contributed by atoms with Crippen LogP contribution in [-0.4, -0.2) is 23.1 Å². The summed E-state index contributed by atoms with van der Waals surface area (Å²) in [5.74, 6) is 0. The van der Waals surface area contributed by atoms with Crippen LogP contribution in [0.4, 0.5) is 4.79 Å². The average Bonchev–Trinajstić information content (AvgIpc) is 2.91. The molecule has 0 N–H and O–H groups in total. The van der Waals surface area contributed by atoms with E-state index in [0.29, 0.717) is 19.5 Å². The zero-order chi connectivity index (χ0) is 17.3. The Morgan fingerprint density at radius 2 is 2.00 bits per heavy atom. The molecule has 0 saturated heterocycles. The largest absolute Gasteiger partial charge is 0.444 e. The van der Waals surface area contributed by atoms with Crippen molar-refractivity contribution in [3.05, 3.63) is 46.3 Å². The molecule has 2 aromatic rings. The molecule has 1 aromatic heterocycles. The number of carbonyl (C=O) groups is 1. The Kier molecular flexibility index (Phi) is 4.33. The summed E-state index contributed by atoms with van der Waals surface area (Å²) in [7, 11) is 0. The van der Waals surface area contributed by atoms with E-state index >= 15 is 0 Å². The van der Waals surface area contributed by atoms with Gasteiger partial charge in [-0.2, -0.15) is 5.26 Å². The Labute approximate surface area is 146 Å². The van der Waals surface area contributed by atoms with Crippen LogP contribution in [0, 0.1) is 11.3 Å². The summed E-state index contributed by atoms with van der Waals surface area (Å²) < 4.78 is 5.47. The number of nitriles is 1. The predicted octanol–water partition coefficient (Wildman–Crippen LogP) is 4.58. The molecule has 1 amide bonds. The van der Waals surface area contributed by atoms with E-state index in [4.69, 9.17) is 4.74 Å². The van der Waals surface area contributed by atoms with E-state index < -0.39 is 5.60 Å². The molecule has 0 bridgehead atoms. The summed E-state index contributed by atoms with van der Waals surface area (Å²) in [6.07, 6.45) is 0.405. The molecule has 1 aliphatic rings. The van der Waals surface area contributed by atoms with Gasteiger partial charge in [-0.15, -0.1) is 11.3 Å². The number of amides is 1. The van der Waals surface area contributed by atoms with Crippen molar-refractivity contribution in [2.75, 3.05) is 6.54 Å². The summed E-state index contributed by atoms with van der Waals surface area (Å²) in [5.41, 5.74) is 2.39. The van der Waals surface area contributed by atoms with Gasteiger partial charge in [0.25, 0.3) is 0 Å². The van der Waals surface area contributed by atoms with Crippen molar-refractivity contribution in [3.63, 3.8) is 0 Å². The number of thiophene rings is 1. The number of ether oxygens (including phenoxy) is 1. The second-order valence-corrected chi connectivity index (χ2v) is 7.94. The van der Waals surface area contributed by atoms with Gasteiger partial charge in [-0.1, -0.05) is 30.3 Å². The molecule has 24 heavy (non-hydrogen) atoms. The number of carbonyl (C=O) groups excluding carboxylic acids is 1. The molecule has 4 nitrogen and oxygen atoms in total. The molecule has 124 valence electrons. The van der Waals surface area contributed by atoms with E-state index in [1.807, 2.05) is 51.1 Å². The third-order valence-corrected chi connectivity index (χ3v) is 5.12. The van der Waals surface area contributed by atoms with Gasteiger partial charge in [0, 0.05) is 11.4 Å². The molecule has 5 heteroatoms. The molecule has 1 aromatic carbocycles. The van der Waals surface area contributed by atoms with E-state index in [1.54, 1.807) is 16.2 Å². The minimum absolute atomic E-state index is 0.290. The molecule has 1 aliphatic heterocycles. The lowest BCUT2D eigenvalue weighted by atomic mass is 10.0. The first kappa shape index (κ1) is 16.5. The fraction of sp³-hybridized carbons (Fsp3) is 0.368. The monoisotopic (exact) mass is 340 g/mol. The molecule has 2 heterocycles. The Hall–Kier alpha value is -2.32. The number of hydrogen-bond acceptors (Lipinski definition) is 4. The third-order valence-electron chi connectivity index (χ3n) is 3.86. The van der Waals surface area contributed by atoms with Crippen molar-refractivity contribution in [1.82, 2.24) is 4.90 Å². The molecule has 0 spiro atoms. The molecule has 0 radical (unpaired) electrons. The number of benzene rings is 1. The van der Waals surface area contributed by atoms with Gasteiger partial charge >= 0.3 is 6.09 Å². The first-order valence-electron chi connectivity index (χ1n) is 7.97. The molecule has 0 atom stereocenters. The highest BCUT2D eigenvalue weighted by Gasteiger charge is 2.29. The van der Waals surface area contributed by atoms with Crippen LogP contribution in [0.5, 0.6) is 0 Å². The maximum atomic E-state index is 12.3. The Morgan fingerprint density at radius 3 is 2.62 bits per heavy atom. The van der Waals surface area contributed by atoms with Gasteiger partial charge in [-0.25, -0.2) is 4.79 Å². The first-order valence-corrected chi connectivity index (χ1v) is 8.78. The van der Waals surface area contributed by atoms with Crippen LogP contribution in [0.1, 0.15) is 36.8 Å². The predicted molar refractivity (Wildman–Crippen MR) is 94.8 cm³/mol. The fourth-order valence-corrected chi connectivity index (χ4v) is 4.12. The summed E-state index contributed by atoms with van der Waals surface area (Å²) in [6.45, 7) is 6.70. The minimum atomic E-state index is -0.500. The van der Waals surface area contributed by atoms with Crippen LogP contribution in [0.2, 0.25) is 0 Å². The van der Waals surface area contributed by atoms with Gasteiger partial charge in [-0.3, -0.25) is 0 Å². The third kappa shape index (κ3) is 3.29. The minimum Gasteiger partial charge on any atom is -0.444 e. The van der Waals surface area contributed by atoms with Crippen LogP contribution in [0.15, 0.2) is 30.3 Å². The summed E-state index contributed by atoms with van der Waals surface area (Å²) in [4.78, 5) is 16.1. The number of rotatable bonds is 1. The summed E-state index contributed by atoms with van der Waals surface area (Å²) >= 11 is 1.61. The van der Waals surface area contributed by atoms with E-state index in [2.05, 4.69) is 6.07 Å². The molecule has 0 aliphatic carbocycles. The SMILES string of the molecule is CC(C)(C)OC(=O)N1CCc2c(sc(-c3ccccc3)c2C#N)C1. The highest BCUT2D eigenvalue weighted by Crippen LogP contribution is 2.39. The van der Waals surface area contributed by atoms with Crippen LogP contribution in [-0.2, 0) is 17.7 Å². The maximum absolute atomic E-state index is 12.3. The number of fused-ring (bicyclic) bond motifs is 1. The van der Waals surface area contributed by atoms with Crippen LogP contribution >= 0.6 is 11.3 Å². The van der Waals surface area contributed by atoms with Crippen molar-refractivity contribution in [3.8, 4) is 16.5 Å². The van der Waals surface area contributed by atoms with Gasteiger partial charge in [0.2, 0.25) is 0 Å². The van der Waals surface area contributed by atoms with Gasteiger partial charge in [0.05, 0.1) is 17.0 Å². The second kappa shape index (κ2) is 6.29. The van der Waals surface area contributed by atoms with Gasteiger partial charge < -0.3 is 9.64 Å². The lowest BCUT2D eigenvalue weighted by Crippen LogP contribution is -2.39. The normalized spacial score (nSPS) is 14.0. The standard InChI is InChI=1S/C19H20N2O2S/c1-19(2,3)23-18(22)21-10-9-14-15(11-20)17(24-16(14)12-21)13-7-5-4-6-8-13/h4-8H,9-10,12H2,1-3H3. The summed E-state index contributed by atoms with van der Waals surface area (Å²) in [5, 5.41) is 9.60. The van der Waals surface area contributed by atoms with E-state index in [9.17, 15) is 10.1 Å². The molecule has 0 saturated carbocycles. The molecule has 0 fully saturated rings. The molecule has 0 unspecified atom stereocenters. The second-order valence-electron chi connectivity index (χ2n) is 6.84. The lowest BCUT2D eigenvalue weighted by molar-refractivity contribution is 0.0226. The maximum Gasteiger partial charge on any atom is 0.410 e. The zero-order valence-corrected chi connectivity index (χ0v) is 14.9. The van der Waals surface area contributed by atoms with Crippen molar-refractivity contribution in [2.45, 2.75) is 39.3 Å². The Morgan fingerprint density at radius 1 is 1.29 bits per heavy atom. The van der Waals surface area contributed by atoms with Crippen molar-refractivity contribution in [1.29, 1.82) is 5.26 Å². The molecular weight excluding hydrogens is 320 g/mol.